The Balaban J connectivity index is 1.49. The van der Waals surface area contributed by atoms with Gasteiger partial charge >= 0.3 is 12.0 Å². The highest BCUT2D eigenvalue weighted by atomic mass is 32.2. The van der Waals surface area contributed by atoms with Gasteiger partial charge in [-0.25, -0.2) is 4.79 Å². The zero-order chi connectivity index (χ0) is 20.7. The second-order valence-corrected chi connectivity index (χ2v) is 8.35. The number of hydrogen-bond acceptors (Lipinski definition) is 6. The number of esters is 1. The molecular weight excluding hydrogens is 394 g/mol. The van der Waals surface area contributed by atoms with Crippen molar-refractivity contribution in [3.63, 3.8) is 0 Å². The molecule has 0 atom stereocenters. The molecule has 0 radical (unpaired) electrons. The van der Waals surface area contributed by atoms with Gasteiger partial charge in [0.05, 0.1) is 11.5 Å². The lowest BCUT2D eigenvalue weighted by Gasteiger charge is -2.43. The summed E-state index contributed by atoms with van der Waals surface area (Å²) in [6.45, 7) is 3.64. The van der Waals surface area contributed by atoms with E-state index in [-0.39, 0.29) is 36.6 Å². The lowest BCUT2D eigenvalue weighted by molar-refractivity contribution is -0.142. The van der Waals surface area contributed by atoms with Crippen LogP contribution in [-0.2, 0) is 14.3 Å². The summed E-state index contributed by atoms with van der Waals surface area (Å²) >= 11 is 1.78. The Labute approximate surface area is 174 Å². The normalized spacial score (nSPS) is 17.8. The molecule has 1 aromatic carbocycles. The summed E-state index contributed by atoms with van der Waals surface area (Å²) in [7, 11) is 0. The SMILES string of the molecule is CCOC(=O)CNC(=O)N1CCC2(CC1)SCCN2C(=O)COc1ccccc1. The number of urea groups is 1. The summed E-state index contributed by atoms with van der Waals surface area (Å²) in [6, 6.07) is 9.02. The van der Waals surface area contributed by atoms with Crippen LogP contribution in [0.3, 0.4) is 0 Å². The zero-order valence-corrected chi connectivity index (χ0v) is 17.4. The molecule has 3 amide bonds. The molecule has 1 spiro atoms. The Hall–Kier alpha value is -2.42. The van der Waals surface area contributed by atoms with Gasteiger partial charge in [-0.05, 0) is 31.9 Å². The fourth-order valence-electron chi connectivity index (χ4n) is 3.65. The summed E-state index contributed by atoms with van der Waals surface area (Å²) in [6.07, 6.45) is 1.39. The van der Waals surface area contributed by atoms with E-state index in [9.17, 15) is 14.4 Å². The molecular formula is C20H27N3O5S. The van der Waals surface area contributed by atoms with Crippen LogP contribution in [0.25, 0.3) is 0 Å². The van der Waals surface area contributed by atoms with Crippen molar-refractivity contribution in [2.75, 3.05) is 45.1 Å². The van der Waals surface area contributed by atoms with Crippen LogP contribution in [0.2, 0.25) is 0 Å². The predicted molar refractivity (Wildman–Crippen MR) is 110 cm³/mol. The number of amides is 3. The van der Waals surface area contributed by atoms with Crippen molar-refractivity contribution in [3.05, 3.63) is 30.3 Å². The molecule has 29 heavy (non-hydrogen) atoms. The molecule has 9 heteroatoms. The molecule has 8 nitrogen and oxygen atoms in total. The van der Waals surface area contributed by atoms with Crippen molar-refractivity contribution < 1.29 is 23.9 Å². The van der Waals surface area contributed by atoms with Gasteiger partial charge in [-0.1, -0.05) is 18.2 Å². The van der Waals surface area contributed by atoms with E-state index in [0.29, 0.717) is 38.2 Å². The summed E-state index contributed by atoms with van der Waals surface area (Å²) in [5, 5.41) is 2.59. The number of para-hydroxylation sites is 1. The van der Waals surface area contributed by atoms with Crippen LogP contribution in [0, 0.1) is 0 Å². The molecule has 3 rings (SSSR count). The fraction of sp³-hybridized carbons (Fsp3) is 0.550. The average Bonchev–Trinajstić information content (AvgIpc) is 3.15. The Morgan fingerprint density at radius 2 is 1.86 bits per heavy atom. The molecule has 158 valence electrons. The van der Waals surface area contributed by atoms with E-state index in [1.54, 1.807) is 23.6 Å². The van der Waals surface area contributed by atoms with Gasteiger partial charge in [0.25, 0.3) is 5.91 Å². The number of hydrogen-bond donors (Lipinski definition) is 1. The first-order valence-electron chi connectivity index (χ1n) is 9.85. The monoisotopic (exact) mass is 421 g/mol. The fourth-order valence-corrected chi connectivity index (χ4v) is 5.12. The largest absolute Gasteiger partial charge is 0.484 e. The first kappa shape index (κ1) is 21.3. The molecule has 0 aromatic heterocycles. The van der Waals surface area contributed by atoms with Crippen LogP contribution in [0.1, 0.15) is 19.8 Å². The van der Waals surface area contributed by atoms with Crippen molar-refractivity contribution in [3.8, 4) is 5.75 Å². The van der Waals surface area contributed by atoms with E-state index in [1.807, 2.05) is 35.2 Å². The number of carbonyl (C=O) groups excluding carboxylic acids is 3. The maximum absolute atomic E-state index is 12.8. The molecule has 2 fully saturated rings. The molecule has 1 aromatic rings. The van der Waals surface area contributed by atoms with Gasteiger partial charge < -0.3 is 24.6 Å². The first-order chi connectivity index (χ1) is 14.0. The lowest BCUT2D eigenvalue weighted by atomic mass is 10.0. The molecule has 0 saturated carbocycles. The number of nitrogens with zero attached hydrogens (tertiary/aromatic N) is 2. The standard InChI is InChI=1S/C20H27N3O5S/c1-2-27-18(25)14-21-19(26)22-10-8-20(9-11-22)23(12-13-29-20)17(24)15-28-16-6-4-3-5-7-16/h3-7H,2,8-15H2,1H3,(H,21,26). The van der Waals surface area contributed by atoms with Crippen LogP contribution in [0.15, 0.2) is 30.3 Å². The highest BCUT2D eigenvalue weighted by molar-refractivity contribution is 8.00. The third kappa shape index (κ3) is 5.35. The third-order valence-corrected chi connectivity index (χ3v) is 6.66. The van der Waals surface area contributed by atoms with E-state index in [4.69, 9.17) is 9.47 Å². The number of thioether (sulfide) groups is 1. The second-order valence-electron chi connectivity index (χ2n) is 6.89. The minimum atomic E-state index is -0.448. The van der Waals surface area contributed by atoms with Crippen LogP contribution in [0.5, 0.6) is 5.75 Å². The lowest BCUT2D eigenvalue weighted by Crippen LogP contribution is -2.56. The topological polar surface area (TPSA) is 88.2 Å². The van der Waals surface area contributed by atoms with E-state index in [1.165, 1.54) is 0 Å². The summed E-state index contributed by atoms with van der Waals surface area (Å²) in [5.41, 5.74) is 0. The summed E-state index contributed by atoms with van der Waals surface area (Å²) < 4.78 is 10.4. The van der Waals surface area contributed by atoms with Gasteiger partial charge in [0.15, 0.2) is 6.61 Å². The maximum atomic E-state index is 12.8. The summed E-state index contributed by atoms with van der Waals surface area (Å²) in [4.78, 5) is 39.8. The van der Waals surface area contributed by atoms with Gasteiger partial charge in [0, 0.05) is 25.4 Å². The average molecular weight is 422 g/mol. The molecule has 2 heterocycles. The minimum Gasteiger partial charge on any atom is -0.484 e. The summed E-state index contributed by atoms with van der Waals surface area (Å²) in [5.74, 6) is 1.08. The Bertz CT molecular complexity index is 722. The highest BCUT2D eigenvalue weighted by Crippen LogP contribution is 2.43. The van der Waals surface area contributed by atoms with Crippen LogP contribution in [0.4, 0.5) is 4.79 Å². The second kappa shape index (κ2) is 9.87. The van der Waals surface area contributed by atoms with Crippen molar-refractivity contribution in [2.24, 2.45) is 0 Å². The van der Waals surface area contributed by atoms with Gasteiger partial charge in [0.1, 0.15) is 12.3 Å². The molecule has 2 saturated heterocycles. The van der Waals surface area contributed by atoms with Gasteiger partial charge in [-0.15, -0.1) is 11.8 Å². The number of carbonyl (C=O) groups is 3. The molecule has 2 aliphatic heterocycles. The molecule has 0 unspecified atom stereocenters. The number of rotatable bonds is 6. The molecule has 2 aliphatic rings. The zero-order valence-electron chi connectivity index (χ0n) is 16.6. The number of likely N-dealkylation sites (tertiary alicyclic amines) is 1. The first-order valence-corrected chi connectivity index (χ1v) is 10.8. The van der Waals surface area contributed by atoms with Crippen molar-refractivity contribution in [2.45, 2.75) is 24.6 Å². The molecule has 0 bridgehead atoms. The van der Waals surface area contributed by atoms with Crippen molar-refractivity contribution in [1.82, 2.24) is 15.1 Å². The number of ether oxygens (including phenoxy) is 2. The smallest absolute Gasteiger partial charge is 0.325 e. The van der Waals surface area contributed by atoms with E-state index < -0.39 is 5.97 Å². The Morgan fingerprint density at radius 3 is 2.55 bits per heavy atom. The number of nitrogens with one attached hydrogen (secondary N) is 1. The third-order valence-electron chi connectivity index (χ3n) is 5.11. The van der Waals surface area contributed by atoms with E-state index >= 15 is 0 Å². The Kier molecular flexibility index (Phi) is 7.24. The minimum absolute atomic E-state index is 0.00998. The Morgan fingerprint density at radius 1 is 1.14 bits per heavy atom. The van der Waals surface area contributed by atoms with Crippen LogP contribution >= 0.6 is 11.8 Å². The van der Waals surface area contributed by atoms with Crippen molar-refractivity contribution >= 4 is 29.7 Å². The van der Waals surface area contributed by atoms with Gasteiger partial charge in [-0.3, -0.25) is 9.59 Å². The molecule has 0 aliphatic carbocycles. The van der Waals surface area contributed by atoms with E-state index in [0.717, 1.165) is 5.75 Å². The maximum Gasteiger partial charge on any atom is 0.325 e. The number of piperidine rings is 1. The number of benzene rings is 1. The quantitative estimate of drug-likeness (QED) is 0.704. The highest BCUT2D eigenvalue weighted by Gasteiger charge is 2.46. The van der Waals surface area contributed by atoms with Gasteiger partial charge in [0.2, 0.25) is 0 Å². The predicted octanol–water partition coefficient (Wildman–Crippen LogP) is 1.71. The van der Waals surface area contributed by atoms with Crippen molar-refractivity contribution in [1.29, 1.82) is 0 Å². The van der Waals surface area contributed by atoms with Crippen LogP contribution in [-0.4, -0.2) is 77.7 Å². The molecule has 1 N–H and O–H groups in total. The van der Waals surface area contributed by atoms with Gasteiger partial charge in [-0.2, -0.15) is 0 Å². The van der Waals surface area contributed by atoms with E-state index in [2.05, 4.69) is 5.32 Å². The van der Waals surface area contributed by atoms with Crippen LogP contribution < -0.4 is 10.1 Å².